The molecule has 0 aromatic heterocycles. The highest BCUT2D eigenvalue weighted by atomic mass is 31.2. The number of likely N-dealkylation sites (N-methyl/N-ethyl adjacent to an activating group) is 1. The molecule has 3 unspecified atom stereocenters. The number of esters is 1. The molecule has 0 aromatic rings. The second-order valence-corrected chi connectivity index (χ2v) is 23.0. The largest absolute Gasteiger partial charge is 0.756 e. The first-order chi connectivity index (χ1) is 36.9. The van der Waals surface area contributed by atoms with E-state index in [0.29, 0.717) is 17.4 Å². The topological polar surface area (TPSA) is 114 Å². The van der Waals surface area contributed by atoms with Crippen LogP contribution < -0.4 is 10.2 Å². The molecule has 0 bridgehead atoms. The van der Waals surface area contributed by atoms with Crippen LogP contribution in [-0.2, 0) is 27.9 Å². The number of nitrogens with zero attached hydrogens (tertiary/aromatic N) is 1. The molecule has 76 heavy (non-hydrogen) atoms. The van der Waals surface area contributed by atoms with Crippen molar-refractivity contribution in [1.82, 2.24) is 5.32 Å². The summed E-state index contributed by atoms with van der Waals surface area (Å²) < 4.78 is 30.3. The summed E-state index contributed by atoms with van der Waals surface area (Å²) in [5, 5.41) is 3.00. The number of phosphoric ester groups is 1. The van der Waals surface area contributed by atoms with Gasteiger partial charge in [-0.1, -0.05) is 259 Å². The van der Waals surface area contributed by atoms with Gasteiger partial charge in [0.05, 0.1) is 33.8 Å². The third-order valence-electron chi connectivity index (χ3n) is 13.1. The number of phosphoric acid groups is 1. The number of hydrogen-bond donors (Lipinski definition) is 1. The summed E-state index contributed by atoms with van der Waals surface area (Å²) in [6.45, 7) is 6.63. The van der Waals surface area contributed by atoms with E-state index in [-0.39, 0.29) is 31.3 Å². The Morgan fingerprint density at radius 1 is 0.487 bits per heavy atom. The molecule has 1 N–H and O–H groups in total. The third kappa shape index (κ3) is 55.4. The molecule has 10 heteroatoms. The Balaban J connectivity index is 5.33. The van der Waals surface area contributed by atoms with Gasteiger partial charge in [0.1, 0.15) is 19.3 Å². The summed E-state index contributed by atoms with van der Waals surface area (Å²) in [6.07, 6.45) is 74.8. The lowest BCUT2D eigenvalue weighted by Gasteiger charge is -2.30. The number of unbranched alkanes of at least 4 members (excludes halogenated alkanes) is 27. The van der Waals surface area contributed by atoms with Gasteiger partial charge < -0.3 is 28.5 Å². The molecule has 0 aliphatic carbocycles. The molecule has 0 radical (unpaired) electrons. The van der Waals surface area contributed by atoms with Crippen LogP contribution in [0.25, 0.3) is 0 Å². The van der Waals surface area contributed by atoms with Gasteiger partial charge in [0.2, 0.25) is 5.91 Å². The molecule has 436 valence electrons. The summed E-state index contributed by atoms with van der Waals surface area (Å²) in [6, 6.07) is -0.919. The fourth-order valence-corrected chi connectivity index (χ4v) is 9.07. The second kappa shape index (κ2) is 55.0. The Labute approximate surface area is 468 Å². The molecule has 0 saturated heterocycles. The van der Waals surface area contributed by atoms with Crippen LogP contribution in [0.1, 0.15) is 245 Å². The zero-order chi connectivity index (χ0) is 55.7. The van der Waals surface area contributed by atoms with E-state index in [1.165, 1.54) is 128 Å². The number of hydrogen-bond acceptors (Lipinski definition) is 7. The lowest BCUT2D eigenvalue weighted by atomic mass is 10.0. The van der Waals surface area contributed by atoms with E-state index in [4.69, 9.17) is 13.8 Å². The Morgan fingerprint density at radius 2 is 0.895 bits per heavy atom. The van der Waals surface area contributed by atoms with Crippen molar-refractivity contribution in [3.05, 3.63) is 109 Å². The molecule has 0 spiro atoms. The van der Waals surface area contributed by atoms with Crippen molar-refractivity contribution in [2.24, 2.45) is 0 Å². The maximum Gasteiger partial charge on any atom is 0.306 e. The zero-order valence-corrected chi connectivity index (χ0v) is 50.6. The summed E-state index contributed by atoms with van der Waals surface area (Å²) in [7, 11) is 1.14. The zero-order valence-electron chi connectivity index (χ0n) is 49.7. The third-order valence-corrected chi connectivity index (χ3v) is 14.1. The predicted octanol–water partition coefficient (Wildman–Crippen LogP) is 18.3. The average Bonchev–Trinajstić information content (AvgIpc) is 3.38. The number of carbonyl (C=O) groups is 2. The van der Waals surface area contributed by atoms with Gasteiger partial charge in [-0.3, -0.25) is 14.2 Å². The molecule has 0 saturated carbocycles. The van der Waals surface area contributed by atoms with Crippen molar-refractivity contribution in [3.63, 3.8) is 0 Å². The predicted molar refractivity (Wildman–Crippen MR) is 325 cm³/mol. The number of nitrogens with one attached hydrogen (secondary N) is 1. The summed E-state index contributed by atoms with van der Waals surface area (Å²) >= 11 is 0. The minimum absolute atomic E-state index is 0.0372. The molecule has 0 aromatic carbocycles. The van der Waals surface area contributed by atoms with Crippen molar-refractivity contribution >= 4 is 19.7 Å². The van der Waals surface area contributed by atoms with Crippen molar-refractivity contribution in [2.75, 3.05) is 40.9 Å². The number of ether oxygens (including phenoxy) is 1. The maximum absolute atomic E-state index is 13.5. The minimum Gasteiger partial charge on any atom is -0.756 e. The quantitative estimate of drug-likeness (QED) is 0.0161. The van der Waals surface area contributed by atoms with Gasteiger partial charge in [-0.25, -0.2) is 0 Å². The van der Waals surface area contributed by atoms with Crippen molar-refractivity contribution in [3.8, 4) is 0 Å². The number of amides is 1. The summed E-state index contributed by atoms with van der Waals surface area (Å²) in [5.74, 6) is -0.599. The Hall–Kier alpha value is -3.33. The first-order valence-corrected chi connectivity index (χ1v) is 32.2. The normalized spacial score (nSPS) is 14.5. The molecule has 0 aliphatic heterocycles. The lowest BCUT2D eigenvalue weighted by Crippen LogP contribution is -2.47. The van der Waals surface area contributed by atoms with Gasteiger partial charge in [0.25, 0.3) is 7.82 Å². The average molecular weight is 1080 g/mol. The molecule has 3 atom stereocenters. The summed E-state index contributed by atoms with van der Waals surface area (Å²) in [5.41, 5.74) is 0. The van der Waals surface area contributed by atoms with E-state index in [1.54, 1.807) is 0 Å². The highest BCUT2D eigenvalue weighted by molar-refractivity contribution is 7.45. The number of quaternary nitrogens is 1. The van der Waals surface area contributed by atoms with Crippen LogP contribution in [-0.4, -0.2) is 69.4 Å². The highest BCUT2D eigenvalue weighted by Gasteiger charge is 2.27. The Morgan fingerprint density at radius 3 is 1.41 bits per heavy atom. The smallest absolute Gasteiger partial charge is 0.306 e. The SMILES string of the molecule is CC\C=C/C=C/C=C/C=C\C=C\C=C\CCCCCC(=O)NC(COP(=O)([O-])OCC[N+](C)(C)C)C(/C=C/CCCCCCCCCCCC)OC(=O)CCCCCCCCCCCCC/C=C\C/C=C\CCCCC. The molecule has 0 aliphatic rings. The van der Waals surface area contributed by atoms with E-state index in [1.807, 2.05) is 94.1 Å². The molecule has 1 amide bonds. The van der Waals surface area contributed by atoms with Crippen LogP contribution >= 0.6 is 7.82 Å². The van der Waals surface area contributed by atoms with Crippen molar-refractivity contribution < 1.29 is 37.3 Å². The van der Waals surface area contributed by atoms with Gasteiger partial charge in [-0.2, -0.15) is 0 Å². The van der Waals surface area contributed by atoms with Crippen LogP contribution in [0.5, 0.6) is 0 Å². The monoisotopic (exact) mass is 1080 g/mol. The standard InChI is InChI=1S/C66H115N2O7P/c1-7-10-13-16-19-22-25-28-30-32-33-34-35-37-39-41-44-47-50-53-56-59-66(70)75-64(57-54-51-48-45-42-27-24-21-18-15-12-9-3)63(62-74-76(71,72)73-61-60-68(4,5)6)67-65(69)58-55-52-49-46-43-40-38-36-31-29-26-23-20-17-14-11-8-2/h11,14,17,19-20,22-23,26,28-31,36,38,40,43,54,57,63-64H,7-10,12-13,15-16,18,21,24-25,27,32-35,37,39,41-42,44-53,55-56,58-62H2,1-6H3,(H-,67,69,71,72)/b14-11-,20-17+,22-19-,26-23+,30-28-,31-29-,38-36+,43-40+,57-54+. The first kappa shape index (κ1) is 72.7. The van der Waals surface area contributed by atoms with Crippen LogP contribution in [0.2, 0.25) is 0 Å². The minimum atomic E-state index is -4.72. The highest BCUT2D eigenvalue weighted by Crippen LogP contribution is 2.38. The van der Waals surface area contributed by atoms with Crippen LogP contribution in [0.4, 0.5) is 0 Å². The number of carbonyl (C=O) groups excluding carboxylic acids is 2. The van der Waals surface area contributed by atoms with Crippen molar-refractivity contribution in [2.45, 2.75) is 258 Å². The fraction of sp³-hybridized carbons (Fsp3) is 0.697. The molecular weight excluding hydrogens is 964 g/mol. The van der Waals surface area contributed by atoms with Gasteiger partial charge in [0, 0.05) is 12.8 Å². The van der Waals surface area contributed by atoms with E-state index in [0.717, 1.165) is 77.0 Å². The number of allylic oxidation sites excluding steroid dienone is 17. The molecule has 9 nitrogen and oxygen atoms in total. The van der Waals surface area contributed by atoms with Gasteiger partial charge in [0.15, 0.2) is 0 Å². The van der Waals surface area contributed by atoms with Crippen molar-refractivity contribution in [1.29, 1.82) is 0 Å². The molecular formula is C66H115N2O7P. The first-order valence-electron chi connectivity index (χ1n) is 30.8. The van der Waals surface area contributed by atoms with Crippen LogP contribution in [0, 0.1) is 0 Å². The van der Waals surface area contributed by atoms with E-state index in [9.17, 15) is 19.0 Å². The second-order valence-electron chi connectivity index (χ2n) is 21.6. The van der Waals surface area contributed by atoms with Crippen LogP contribution in [0.3, 0.4) is 0 Å². The maximum atomic E-state index is 13.5. The van der Waals surface area contributed by atoms with E-state index in [2.05, 4.69) is 62.5 Å². The summed E-state index contributed by atoms with van der Waals surface area (Å²) in [4.78, 5) is 40.0. The Bertz CT molecular complexity index is 1670. The van der Waals surface area contributed by atoms with E-state index >= 15 is 0 Å². The molecule has 0 fully saturated rings. The van der Waals surface area contributed by atoms with Gasteiger partial charge >= 0.3 is 5.97 Å². The fourth-order valence-electron chi connectivity index (χ4n) is 8.35. The van der Waals surface area contributed by atoms with E-state index < -0.39 is 26.6 Å². The van der Waals surface area contributed by atoms with Gasteiger partial charge in [-0.05, 0) is 83.1 Å². The van der Waals surface area contributed by atoms with Crippen LogP contribution in [0.15, 0.2) is 109 Å². The molecule has 0 heterocycles. The Kier molecular flexibility index (Phi) is 52.6. The molecule has 0 rings (SSSR count). The van der Waals surface area contributed by atoms with Gasteiger partial charge in [-0.15, -0.1) is 0 Å². The number of rotatable bonds is 54. The lowest BCUT2D eigenvalue weighted by molar-refractivity contribution is -0.870.